The molecule has 40 heavy (non-hydrogen) atoms. The molecule has 1 aliphatic heterocycles. The van der Waals surface area contributed by atoms with E-state index in [1.54, 1.807) is 4.90 Å². The molecule has 1 unspecified atom stereocenters. The number of halogens is 1. The van der Waals surface area contributed by atoms with Crippen LogP contribution in [0.2, 0.25) is 5.02 Å². The van der Waals surface area contributed by atoms with Gasteiger partial charge in [-0.15, -0.1) is 6.58 Å². The van der Waals surface area contributed by atoms with E-state index in [9.17, 15) is 9.59 Å². The second kappa shape index (κ2) is 17.2. The molecule has 0 fully saturated rings. The van der Waals surface area contributed by atoms with Crippen LogP contribution < -0.4 is 16.4 Å². The van der Waals surface area contributed by atoms with Gasteiger partial charge >= 0.3 is 6.03 Å². The van der Waals surface area contributed by atoms with Crippen molar-refractivity contribution in [1.29, 1.82) is 0 Å². The number of carbonyl (C=O) groups is 2. The number of nitrogens with two attached hydrogens (primary N) is 1. The fraction of sp³-hybridized carbons (Fsp3) is 0.375. The molecule has 4 N–H and O–H groups in total. The van der Waals surface area contributed by atoms with Crippen LogP contribution in [0, 0.1) is 0 Å². The molecule has 0 spiro atoms. The number of amides is 3. The number of rotatable bonds is 11. The lowest BCUT2D eigenvalue weighted by Crippen LogP contribution is -2.39. The summed E-state index contributed by atoms with van der Waals surface area (Å²) in [5.41, 5.74) is 10.8. The minimum Gasteiger partial charge on any atom is -0.385 e. The van der Waals surface area contributed by atoms with Gasteiger partial charge in [0.2, 0.25) is 5.91 Å². The van der Waals surface area contributed by atoms with Crippen molar-refractivity contribution >= 4 is 29.2 Å². The largest absolute Gasteiger partial charge is 0.385 e. The number of hydrogen-bond donors (Lipinski definition) is 3. The Morgan fingerprint density at radius 2 is 1.95 bits per heavy atom. The Kier molecular flexibility index (Phi) is 14.0. The van der Waals surface area contributed by atoms with Gasteiger partial charge in [0.15, 0.2) is 0 Å². The fourth-order valence-electron chi connectivity index (χ4n) is 4.14. The van der Waals surface area contributed by atoms with Gasteiger partial charge in [-0.25, -0.2) is 4.79 Å². The number of benzene rings is 2. The van der Waals surface area contributed by atoms with Crippen molar-refractivity contribution in [3.05, 3.63) is 101 Å². The monoisotopic (exact) mass is 565 g/mol. The second-order valence-electron chi connectivity index (χ2n) is 10.2. The maximum absolute atomic E-state index is 12.3. The Morgan fingerprint density at radius 3 is 2.62 bits per heavy atom. The molecule has 0 bridgehead atoms. The first kappa shape index (κ1) is 32.7. The number of fused-ring (bicyclic) bond motifs is 1. The van der Waals surface area contributed by atoms with Crippen LogP contribution in [0.25, 0.3) is 0 Å². The van der Waals surface area contributed by atoms with E-state index in [2.05, 4.69) is 34.3 Å². The van der Waals surface area contributed by atoms with E-state index in [-0.39, 0.29) is 18.0 Å². The SMILES string of the molecule is C=CC(C)N/C=C(\C/C=C\C)CCC(=O)Nc1cccc(CN(C)C)c1.NC(=O)N1CCc2cc(Cl)ccc2C1. The third-order valence-corrected chi connectivity index (χ3v) is 6.63. The summed E-state index contributed by atoms with van der Waals surface area (Å²) >= 11 is 5.87. The minimum atomic E-state index is -0.356. The van der Waals surface area contributed by atoms with Crippen molar-refractivity contribution in [2.45, 2.75) is 58.7 Å². The predicted molar refractivity (Wildman–Crippen MR) is 167 cm³/mol. The lowest BCUT2D eigenvalue weighted by molar-refractivity contribution is -0.116. The first-order valence-electron chi connectivity index (χ1n) is 13.6. The first-order chi connectivity index (χ1) is 19.1. The second-order valence-corrected chi connectivity index (χ2v) is 10.6. The normalized spacial score (nSPS) is 13.8. The highest BCUT2D eigenvalue weighted by molar-refractivity contribution is 6.30. The zero-order chi connectivity index (χ0) is 29.5. The van der Waals surface area contributed by atoms with Crippen LogP contribution in [0.5, 0.6) is 0 Å². The molecular formula is C32H44ClN5O2. The van der Waals surface area contributed by atoms with Gasteiger partial charge in [-0.2, -0.15) is 0 Å². The third-order valence-electron chi connectivity index (χ3n) is 6.39. The molecule has 1 aliphatic rings. The Morgan fingerprint density at radius 1 is 1.18 bits per heavy atom. The summed E-state index contributed by atoms with van der Waals surface area (Å²) < 4.78 is 0. The van der Waals surface area contributed by atoms with Crippen LogP contribution in [0.3, 0.4) is 0 Å². The van der Waals surface area contributed by atoms with Crippen molar-refractivity contribution in [2.75, 3.05) is 26.0 Å². The summed E-state index contributed by atoms with van der Waals surface area (Å²) in [5.74, 6) is 0.0372. The van der Waals surface area contributed by atoms with E-state index >= 15 is 0 Å². The molecule has 1 atom stereocenters. The van der Waals surface area contributed by atoms with Gasteiger partial charge in [-0.05, 0) is 94.4 Å². The number of anilines is 1. The highest BCUT2D eigenvalue weighted by atomic mass is 35.5. The molecule has 3 amide bonds. The van der Waals surface area contributed by atoms with Crippen molar-refractivity contribution in [3.63, 3.8) is 0 Å². The van der Waals surface area contributed by atoms with Gasteiger partial charge in [0.25, 0.3) is 0 Å². The molecule has 7 nitrogen and oxygen atoms in total. The number of urea groups is 1. The van der Waals surface area contributed by atoms with Gasteiger partial charge in [0.1, 0.15) is 0 Å². The molecule has 2 aromatic carbocycles. The third kappa shape index (κ3) is 12.1. The zero-order valence-corrected chi connectivity index (χ0v) is 25.0. The van der Waals surface area contributed by atoms with E-state index < -0.39 is 0 Å². The van der Waals surface area contributed by atoms with Crippen molar-refractivity contribution in [3.8, 4) is 0 Å². The zero-order valence-electron chi connectivity index (χ0n) is 24.3. The van der Waals surface area contributed by atoms with Gasteiger partial charge in [-0.1, -0.05) is 53.6 Å². The number of carbonyl (C=O) groups excluding carboxylic acids is 2. The van der Waals surface area contributed by atoms with E-state index in [4.69, 9.17) is 17.3 Å². The summed E-state index contributed by atoms with van der Waals surface area (Å²) in [5, 5.41) is 7.04. The molecule has 8 heteroatoms. The summed E-state index contributed by atoms with van der Waals surface area (Å²) in [6, 6.07) is 13.6. The molecule has 0 aromatic heterocycles. The van der Waals surface area contributed by atoms with Crippen LogP contribution in [0.4, 0.5) is 10.5 Å². The van der Waals surface area contributed by atoms with Gasteiger partial charge in [-0.3, -0.25) is 4.79 Å². The summed E-state index contributed by atoms with van der Waals surface area (Å²) in [6.45, 7) is 9.96. The number of primary amides is 1. The van der Waals surface area contributed by atoms with E-state index in [0.717, 1.165) is 42.1 Å². The summed E-state index contributed by atoms with van der Waals surface area (Å²) in [6.07, 6.45) is 10.9. The molecule has 1 heterocycles. The molecule has 3 rings (SSSR count). The number of nitrogens with zero attached hydrogens (tertiary/aromatic N) is 2. The van der Waals surface area contributed by atoms with Gasteiger partial charge in [0, 0.05) is 42.8 Å². The Hall–Kier alpha value is -3.55. The number of hydrogen-bond acceptors (Lipinski definition) is 4. The molecule has 0 radical (unpaired) electrons. The Bertz CT molecular complexity index is 1190. The van der Waals surface area contributed by atoms with Crippen molar-refractivity contribution < 1.29 is 9.59 Å². The highest BCUT2D eigenvalue weighted by Crippen LogP contribution is 2.22. The lowest BCUT2D eigenvalue weighted by atomic mass is 10.0. The standard InChI is InChI=1S/C22H33N3O.C10H11ClN2O/c1-6-8-10-19(16-23-18(3)7-2)13-14-22(26)24-21-12-9-11-20(15-21)17-25(4)5;11-9-2-1-8-6-13(10(12)14)4-3-7(8)5-9/h6-9,11-12,15-16,18,23H,2,10,13-14,17H2,1,3-5H3,(H,24,26);1-2,5H,3-4,6H2,(H2,12,14)/b8-6-,19-16+;. The molecule has 0 saturated carbocycles. The van der Waals surface area contributed by atoms with E-state index in [0.29, 0.717) is 19.5 Å². The number of nitrogens with one attached hydrogen (secondary N) is 2. The van der Waals surface area contributed by atoms with E-state index in [1.165, 1.54) is 16.7 Å². The summed E-state index contributed by atoms with van der Waals surface area (Å²) in [7, 11) is 4.07. The minimum absolute atomic E-state index is 0.0372. The molecule has 0 aliphatic carbocycles. The van der Waals surface area contributed by atoms with Gasteiger partial charge < -0.3 is 26.2 Å². The first-order valence-corrected chi connectivity index (χ1v) is 14.0. The van der Waals surface area contributed by atoms with E-state index in [1.807, 2.05) is 82.7 Å². The molecule has 0 saturated heterocycles. The Balaban J connectivity index is 0.000000333. The maximum atomic E-state index is 12.3. The van der Waals surface area contributed by atoms with Crippen LogP contribution in [-0.4, -0.2) is 48.4 Å². The smallest absolute Gasteiger partial charge is 0.315 e. The van der Waals surface area contributed by atoms with Crippen LogP contribution in [0.15, 0.2) is 79.0 Å². The van der Waals surface area contributed by atoms with Crippen molar-refractivity contribution in [1.82, 2.24) is 15.1 Å². The molecular weight excluding hydrogens is 522 g/mol. The van der Waals surface area contributed by atoms with Crippen molar-refractivity contribution in [2.24, 2.45) is 5.73 Å². The maximum Gasteiger partial charge on any atom is 0.315 e. The lowest BCUT2D eigenvalue weighted by Gasteiger charge is -2.27. The average Bonchev–Trinajstić information content (AvgIpc) is 2.92. The number of allylic oxidation sites excluding steroid dienone is 3. The Labute approximate surface area is 244 Å². The summed E-state index contributed by atoms with van der Waals surface area (Å²) in [4.78, 5) is 27.0. The average molecular weight is 566 g/mol. The predicted octanol–water partition coefficient (Wildman–Crippen LogP) is 6.26. The molecule has 2 aromatic rings. The quantitative estimate of drug-likeness (QED) is 0.281. The topological polar surface area (TPSA) is 90.7 Å². The molecule has 216 valence electrons. The van der Waals surface area contributed by atoms with Crippen LogP contribution in [-0.2, 0) is 24.3 Å². The van der Waals surface area contributed by atoms with Crippen LogP contribution >= 0.6 is 11.6 Å². The van der Waals surface area contributed by atoms with Crippen LogP contribution in [0.1, 0.15) is 49.8 Å². The highest BCUT2D eigenvalue weighted by Gasteiger charge is 2.18. The fourth-order valence-corrected chi connectivity index (χ4v) is 4.33. The van der Waals surface area contributed by atoms with Gasteiger partial charge in [0.05, 0.1) is 0 Å².